The van der Waals surface area contributed by atoms with Gasteiger partial charge in [0.2, 0.25) is 5.91 Å². The van der Waals surface area contributed by atoms with E-state index in [1.165, 1.54) is 0 Å². The first-order chi connectivity index (χ1) is 7.13. The minimum atomic E-state index is -0.272. The Morgan fingerprint density at radius 1 is 1.47 bits per heavy atom. The Bertz CT molecular complexity index is 326. The fraction of sp³-hybridized carbons (Fsp3) is 0.300. The van der Waals surface area contributed by atoms with Crippen molar-refractivity contribution in [3.05, 3.63) is 34.3 Å². The van der Waals surface area contributed by atoms with Crippen LogP contribution in [0.25, 0.3) is 0 Å². The van der Waals surface area contributed by atoms with E-state index >= 15 is 0 Å². The minimum Gasteiger partial charge on any atom is -0.324 e. The van der Waals surface area contributed by atoms with E-state index in [1.807, 2.05) is 24.3 Å². The van der Waals surface area contributed by atoms with Crippen molar-refractivity contribution in [2.75, 3.05) is 7.05 Å². The highest BCUT2D eigenvalue weighted by atomic mass is 79.9. The first-order valence-electron chi connectivity index (χ1n) is 4.60. The Morgan fingerprint density at radius 2 is 2.07 bits per heavy atom. The van der Waals surface area contributed by atoms with Crippen LogP contribution >= 0.6 is 15.9 Å². The molecule has 0 radical (unpaired) electrons. The summed E-state index contributed by atoms with van der Waals surface area (Å²) in [4.78, 5) is 11.2. The SMILES string of the molecule is CNNC(=O)CC(N)c1ccc(Br)cc1. The minimum absolute atomic E-state index is 0.118. The van der Waals surface area contributed by atoms with Gasteiger partial charge in [0.25, 0.3) is 0 Å². The summed E-state index contributed by atoms with van der Waals surface area (Å²) < 4.78 is 0.998. The molecule has 1 rings (SSSR count). The average molecular weight is 272 g/mol. The van der Waals surface area contributed by atoms with E-state index in [1.54, 1.807) is 7.05 Å². The highest BCUT2D eigenvalue weighted by Gasteiger charge is 2.10. The molecule has 0 aliphatic heterocycles. The van der Waals surface area contributed by atoms with Crippen molar-refractivity contribution < 1.29 is 4.79 Å². The van der Waals surface area contributed by atoms with Crippen LogP contribution in [-0.2, 0) is 4.79 Å². The molecular formula is C10H14BrN3O. The summed E-state index contributed by atoms with van der Waals surface area (Å²) in [6.45, 7) is 0. The molecule has 1 amide bonds. The Labute approximate surface area is 97.3 Å². The summed E-state index contributed by atoms with van der Waals surface area (Å²) in [6.07, 6.45) is 0.266. The Morgan fingerprint density at radius 3 is 2.60 bits per heavy atom. The molecule has 15 heavy (non-hydrogen) atoms. The van der Waals surface area contributed by atoms with Crippen molar-refractivity contribution in [3.63, 3.8) is 0 Å². The maximum absolute atomic E-state index is 11.2. The van der Waals surface area contributed by atoms with Gasteiger partial charge < -0.3 is 5.73 Å². The molecule has 5 heteroatoms. The molecule has 1 atom stereocenters. The molecular weight excluding hydrogens is 258 g/mol. The van der Waals surface area contributed by atoms with Crippen LogP contribution in [0.1, 0.15) is 18.0 Å². The maximum Gasteiger partial charge on any atom is 0.235 e. The topological polar surface area (TPSA) is 67.1 Å². The lowest BCUT2D eigenvalue weighted by molar-refractivity contribution is -0.122. The van der Waals surface area contributed by atoms with Gasteiger partial charge >= 0.3 is 0 Å². The summed E-state index contributed by atoms with van der Waals surface area (Å²) >= 11 is 3.34. The quantitative estimate of drug-likeness (QED) is 0.719. The van der Waals surface area contributed by atoms with Crippen LogP contribution in [0, 0.1) is 0 Å². The number of carbonyl (C=O) groups is 1. The molecule has 82 valence electrons. The lowest BCUT2D eigenvalue weighted by Gasteiger charge is -2.11. The van der Waals surface area contributed by atoms with E-state index in [2.05, 4.69) is 26.8 Å². The third-order valence-corrected chi connectivity index (χ3v) is 2.50. The summed E-state index contributed by atoms with van der Waals surface area (Å²) in [5.74, 6) is -0.118. The van der Waals surface area contributed by atoms with Crippen LogP contribution in [0.5, 0.6) is 0 Å². The van der Waals surface area contributed by atoms with E-state index < -0.39 is 0 Å². The lowest BCUT2D eigenvalue weighted by atomic mass is 10.0. The number of rotatable bonds is 4. The molecule has 4 N–H and O–H groups in total. The molecule has 0 aromatic heterocycles. The van der Waals surface area contributed by atoms with Gasteiger partial charge in [-0.15, -0.1) is 0 Å². The smallest absolute Gasteiger partial charge is 0.235 e. The number of hydrogen-bond acceptors (Lipinski definition) is 3. The highest BCUT2D eigenvalue weighted by molar-refractivity contribution is 9.10. The van der Waals surface area contributed by atoms with Crippen LogP contribution in [0.4, 0.5) is 0 Å². The van der Waals surface area contributed by atoms with Gasteiger partial charge in [0.1, 0.15) is 0 Å². The van der Waals surface area contributed by atoms with Crippen molar-refractivity contribution in [2.45, 2.75) is 12.5 Å². The van der Waals surface area contributed by atoms with Crippen molar-refractivity contribution in [2.24, 2.45) is 5.73 Å². The van der Waals surface area contributed by atoms with Crippen molar-refractivity contribution in [3.8, 4) is 0 Å². The first kappa shape index (κ1) is 12.2. The summed E-state index contributed by atoms with van der Waals surface area (Å²) in [6, 6.07) is 7.35. The number of benzene rings is 1. The summed E-state index contributed by atoms with van der Waals surface area (Å²) in [7, 11) is 1.64. The third kappa shape index (κ3) is 3.99. The standard InChI is InChI=1S/C10H14BrN3O/c1-13-14-10(15)6-9(12)7-2-4-8(11)5-3-7/h2-5,9,13H,6,12H2,1H3,(H,14,15). The predicted octanol–water partition coefficient (Wildman–Crippen LogP) is 1.09. The van der Waals surface area contributed by atoms with Crippen LogP contribution < -0.4 is 16.6 Å². The van der Waals surface area contributed by atoms with Crippen LogP contribution in [-0.4, -0.2) is 13.0 Å². The number of hydrogen-bond donors (Lipinski definition) is 3. The second-order valence-corrected chi connectivity index (χ2v) is 4.08. The number of nitrogens with one attached hydrogen (secondary N) is 2. The number of amides is 1. The van der Waals surface area contributed by atoms with Gasteiger partial charge in [-0.2, -0.15) is 0 Å². The average Bonchev–Trinajstić information content (AvgIpc) is 2.18. The molecule has 0 saturated carbocycles. The molecule has 1 aromatic rings. The molecule has 0 bridgehead atoms. The van der Waals surface area contributed by atoms with Gasteiger partial charge in [0.05, 0.1) is 0 Å². The molecule has 4 nitrogen and oxygen atoms in total. The van der Waals surface area contributed by atoms with E-state index in [-0.39, 0.29) is 18.4 Å². The summed E-state index contributed by atoms with van der Waals surface area (Å²) in [5.41, 5.74) is 11.9. The van der Waals surface area contributed by atoms with E-state index in [0.29, 0.717) is 0 Å². The Balaban J connectivity index is 2.57. The highest BCUT2D eigenvalue weighted by Crippen LogP contribution is 2.17. The van der Waals surface area contributed by atoms with Crippen molar-refractivity contribution >= 4 is 21.8 Å². The summed E-state index contributed by atoms with van der Waals surface area (Å²) in [5, 5.41) is 0. The Kier molecular flexibility index (Phi) is 4.74. The monoisotopic (exact) mass is 271 g/mol. The maximum atomic E-state index is 11.2. The first-order valence-corrected chi connectivity index (χ1v) is 5.39. The number of halogens is 1. The van der Waals surface area contributed by atoms with E-state index in [0.717, 1.165) is 10.0 Å². The largest absolute Gasteiger partial charge is 0.324 e. The van der Waals surface area contributed by atoms with E-state index in [9.17, 15) is 4.79 Å². The van der Waals surface area contributed by atoms with Crippen LogP contribution in [0.2, 0.25) is 0 Å². The zero-order valence-corrected chi connectivity index (χ0v) is 10.0. The fourth-order valence-electron chi connectivity index (χ4n) is 1.22. The normalized spacial score (nSPS) is 12.2. The van der Waals surface area contributed by atoms with Crippen LogP contribution in [0.15, 0.2) is 28.7 Å². The van der Waals surface area contributed by atoms with Gasteiger partial charge in [-0.25, -0.2) is 5.43 Å². The van der Waals surface area contributed by atoms with Gasteiger partial charge in [-0.3, -0.25) is 10.2 Å². The van der Waals surface area contributed by atoms with Gasteiger partial charge in [-0.05, 0) is 17.7 Å². The van der Waals surface area contributed by atoms with Crippen molar-refractivity contribution in [1.29, 1.82) is 0 Å². The fourth-order valence-corrected chi connectivity index (χ4v) is 1.48. The molecule has 1 aromatic carbocycles. The number of hydrazine groups is 1. The Hall–Kier alpha value is -0.910. The second kappa shape index (κ2) is 5.85. The molecule has 0 spiro atoms. The molecule has 0 aliphatic carbocycles. The molecule has 0 heterocycles. The molecule has 0 saturated heterocycles. The van der Waals surface area contributed by atoms with Gasteiger partial charge in [0, 0.05) is 24.0 Å². The van der Waals surface area contributed by atoms with Crippen molar-refractivity contribution in [1.82, 2.24) is 10.9 Å². The number of carbonyl (C=O) groups excluding carboxylic acids is 1. The molecule has 1 unspecified atom stereocenters. The molecule has 0 aliphatic rings. The number of nitrogens with two attached hydrogens (primary N) is 1. The van der Waals surface area contributed by atoms with Gasteiger partial charge in [0.15, 0.2) is 0 Å². The molecule has 0 fully saturated rings. The lowest BCUT2D eigenvalue weighted by Crippen LogP contribution is -2.36. The van der Waals surface area contributed by atoms with E-state index in [4.69, 9.17) is 5.73 Å². The predicted molar refractivity (Wildman–Crippen MR) is 62.9 cm³/mol. The van der Waals surface area contributed by atoms with Gasteiger partial charge in [-0.1, -0.05) is 28.1 Å². The zero-order chi connectivity index (χ0) is 11.3. The zero-order valence-electron chi connectivity index (χ0n) is 8.46. The third-order valence-electron chi connectivity index (χ3n) is 1.97. The second-order valence-electron chi connectivity index (χ2n) is 3.16. The van der Waals surface area contributed by atoms with Crippen LogP contribution in [0.3, 0.4) is 0 Å².